The van der Waals surface area contributed by atoms with Crippen LogP contribution in [0.25, 0.3) is 17.3 Å². The zero-order chi connectivity index (χ0) is 23.3. The van der Waals surface area contributed by atoms with Gasteiger partial charge in [-0.1, -0.05) is 30.3 Å². The van der Waals surface area contributed by atoms with Crippen LogP contribution in [-0.2, 0) is 4.74 Å². The summed E-state index contributed by atoms with van der Waals surface area (Å²) in [7, 11) is 1.77. The Hall–Kier alpha value is -3.49. The van der Waals surface area contributed by atoms with Gasteiger partial charge >= 0.3 is 0 Å². The van der Waals surface area contributed by atoms with Gasteiger partial charge in [0.05, 0.1) is 6.10 Å². The second-order valence-electron chi connectivity index (χ2n) is 8.47. The third-order valence-electron chi connectivity index (χ3n) is 6.31. The predicted octanol–water partition coefficient (Wildman–Crippen LogP) is 4.43. The second kappa shape index (κ2) is 10.2. The van der Waals surface area contributed by atoms with E-state index in [9.17, 15) is 4.39 Å². The predicted molar refractivity (Wildman–Crippen MR) is 127 cm³/mol. The Balaban J connectivity index is 1.35. The summed E-state index contributed by atoms with van der Waals surface area (Å²) in [5.41, 5.74) is 1.96. The number of hydrogen-bond donors (Lipinski definition) is 0. The molecular formula is C26H27FN6O. The van der Waals surface area contributed by atoms with Crippen LogP contribution in [0, 0.1) is 5.82 Å². The van der Waals surface area contributed by atoms with Gasteiger partial charge in [0.2, 0.25) is 0 Å². The highest BCUT2D eigenvalue weighted by Gasteiger charge is 2.28. The molecule has 0 radical (unpaired) electrons. The Morgan fingerprint density at radius 1 is 0.971 bits per heavy atom. The summed E-state index contributed by atoms with van der Waals surface area (Å²) >= 11 is 0. The van der Waals surface area contributed by atoms with Crippen LogP contribution in [0.5, 0.6) is 0 Å². The van der Waals surface area contributed by atoms with Gasteiger partial charge in [0.1, 0.15) is 11.6 Å². The Labute approximate surface area is 198 Å². The molecule has 2 aromatic heterocycles. The third kappa shape index (κ3) is 4.88. The van der Waals surface area contributed by atoms with Crippen LogP contribution in [0.15, 0.2) is 73.1 Å². The average Bonchev–Trinajstić information content (AvgIpc) is 3.34. The van der Waals surface area contributed by atoms with E-state index in [0.29, 0.717) is 11.8 Å². The summed E-state index contributed by atoms with van der Waals surface area (Å²) in [6.07, 6.45) is 5.33. The lowest BCUT2D eigenvalue weighted by molar-refractivity contribution is 0.0543. The molecule has 1 aliphatic rings. The largest absolute Gasteiger partial charge is 0.375 e. The lowest BCUT2D eigenvalue weighted by Gasteiger charge is -2.33. The van der Waals surface area contributed by atoms with Crippen molar-refractivity contribution in [1.82, 2.24) is 29.6 Å². The molecule has 0 amide bonds. The quantitative estimate of drug-likeness (QED) is 0.408. The first kappa shape index (κ1) is 22.3. The second-order valence-corrected chi connectivity index (χ2v) is 8.47. The zero-order valence-corrected chi connectivity index (χ0v) is 19.1. The molecule has 4 aromatic rings. The van der Waals surface area contributed by atoms with Crippen molar-refractivity contribution in [3.8, 4) is 17.3 Å². The van der Waals surface area contributed by atoms with Crippen molar-refractivity contribution in [3.63, 3.8) is 0 Å². The van der Waals surface area contributed by atoms with Crippen LogP contribution in [0.1, 0.15) is 36.3 Å². The molecule has 1 unspecified atom stereocenters. The molecule has 174 valence electrons. The van der Waals surface area contributed by atoms with E-state index in [4.69, 9.17) is 14.8 Å². The molecule has 0 spiro atoms. The highest BCUT2D eigenvalue weighted by molar-refractivity contribution is 5.54. The number of methoxy groups -OCH3 is 1. The van der Waals surface area contributed by atoms with Crippen molar-refractivity contribution < 1.29 is 9.13 Å². The maximum Gasteiger partial charge on any atom is 0.252 e. The molecule has 3 heterocycles. The Bertz CT molecular complexity index is 1190. The van der Waals surface area contributed by atoms with Gasteiger partial charge in [-0.05, 0) is 61.8 Å². The molecule has 1 aliphatic heterocycles. The number of likely N-dealkylation sites (tertiary alicyclic amines) is 1. The highest BCUT2D eigenvalue weighted by Crippen LogP contribution is 2.31. The van der Waals surface area contributed by atoms with E-state index in [0.717, 1.165) is 43.9 Å². The van der Waals surface area contributed by atoms with E-state index in [1.165, 1.54) is 17.7 Å². The van der Waals surface area contributed by atoms with E-state index in [2.05, 4.69) is 27.0 Å². The van der Waals surface area contributed by atoms with Crippen molar-refractivity contribution in [2.75, 3.05) is 26.7 Å². The Morgan fingerprint density at radius 2 is 1.68 bits per heavy atom. The number of halogens is 1. The van der Waals surface area contributed by atoms with Gasteiger partial charge < -0.3 is 9.64 Å². The average molecular weight is 459 g/mol. The Kier molecular flexibility index (Phi) is 6.69. The molecule has 34 heavy (non-hydrogen) atoms. The lowest BCUT2D eigenvalue weighted by atomic mass is 9.95. The minimum absolute atomic E-state index is 0.0456. The summed E-state index contributed by atoms with van der Waals surface area (Å²) < 4.78 is 20.9. The number of nitrogens with zero attached hydrogens (tertiary/aromatic N) is 6. The number of benzene rings is 2. The smallest absolute Gasteiger partial charge is 0.252 e. The molecule has 0 bridgehead atoms. The maximum atomic E-state index is 13.4. The van der Waals surface area contributed by atoms with Crippen LogP contribution >= 0.6 is 0 Å². The first-order valence-corrected chi connectivity index (χ1v) is 11.5. The first-order chi connectivity index (χ1) is 16.7. The summed E-state index contributed by atoms with van der Waals surface area (Å²) in [4.78, 5) is 16.1. The van der Waals surface area contributed by atoms with Gasteiger partial charge in [0.15, 0.2) is 5.82 Å². The molecule has 1 atom stereocenters. The van der Waals surface area contributed by atoms with Crippen molar-refractivity contribution >= 4 is 0 Å². The molecule has 1 fully saturated rings. The number of rotatable bonds is 7. The van der Waals surface area contributed by atoms with Crippen molar-refractivity contribution in [2.24, 2.45) is 0 Å². The van der Waals surface area contributed by atoms with E-state index >= 15 is 0 Å². The van der Waals surface area contributed by atoms with Gasteiger partial charge in [-0.15, -0.1) is 5.10 Å². The molecule has 7 nitrogen and oxygen atoms in total. The van der Waals surface area contributed by atoms with Crippen LogP contribution in [0.2, 0.25) is 0 Å². The van der Waals surface area contributed by atoms with Crippen LogP contribution in [-0.4, -0.2) is 56.4 Å². The number of hydrogen-bond acceptors (Lipinski definition) is 6. The third-order valence-corrected chi connectivity index (χ3v) is 6.31. The molecule has 0 saturated carbocycles. The van der Waals surface area contributed by atoms with E-state index in [-0.39, 0.29) is 17.8 Å². The summed E-state index contributed by atoms with van der Waals surface area (Å²) in [6, 6.07) is 18.4. The van der Waals surface area contributed by atoms with E-state index in [1.807, 2.05) is 18.2 Å². The maximum absolute atomic E-state index is 13.4. The number of piperidine rings is 1. The monoisotopic (exact) mass is 458 g/mol. The topological polar surface area (TPSA) is 69.0 Å². The van der Waals surface area contributed by atoms with E-state index in [1.54, 1.807) is 42.4 Å². The van der Waals surface area contributed by atoms with Gasteiger partial charge in [0, 0.05) is 37.5 Å². The lowest BCUT2D eigenvalue weighted by Crippen LogP contribution is -2.37. The first-order valence-electron chi connectivity index (χ1n) is 11.5. The van der Waals surface area contributed by atoms with Crippen LogP contribution in [0.3, 0.4) is 0 Å². The minimum atomic E-state index is -0.285. The van der Waals surface area contributed by atoms with Crippen LogP contribution < -0.4 is 0 Å². The summed E-state index contributed by atoms with van der Waals surface area (Å²) in [6.45, 7) is 2.72. The van der Waals surface area contributed by atoms with Crippen molar-refractivity contribution in [3.05, 3.63) is 90.3 Å². The summed E-state index contributed by atoms with van der Waals surface area (Å²) in [5, 5.41) is 4.70. The normalized spacial score (nSPS) is 15.9. The fourth-order valence-corrected chi connectivity index (χ4v) is 4.45. The fraction of sp³-hybridized carbons (Fsp3) is 0.308. The molecule has 1 saturated heterocycles. The molecule has 5 rings (SSSR count). The van der Waals surface area contributed by atoms with Crippen molar-refractivity contribution in [2.45, 2.75) is 24.9 Å². The number of ether oxygens (including phenoxy) is 1. The van der Waals surface area contributed by atoms with Gasteiger partial charge in [-0.3, -0.25) is 0 Å². The fourth-order valence-electron chi connectivity index (χ4n) is 4.45. The molecular weight excluding hydrogens is 431 g/mol. The molecule has 2 aromatic carbocycles. The van der Waals surface area contributed by atoms with Gasteiger partial charge in [-0.25, -0.2) is 19.3 Å². The standard InChI is InChI=1S/C26H27FN6O/c1-34-23(19-6-3-2-4-7-19)18-32-16-12-21(13-17-32)25-30-24(20-8-10-22(27)11-9-20)31-33(25)26-28-14-5-15-29-26/h2-11,14-15,21,23H,12-13,16-18H2,1H3. The van der Waals surface area contributed by atoms with E-state index < -0.39 is 0 Å². The molecule has 0 aliphatic carbocycles. The van der Waals surface area contributed by atoms with Crippen molar-refractivity contribution in [1.29, 1.82) is 0 Å². The minimum Gasteiger partial charge on any atom is -0.375 e. The molecule has 8 heteroatoms. The van der Waals surface area contributed by atoms with Gasteiger partial charge in [0.25, 0.3) is 5.95 Å². The Morgan fingerprint density at radius 3 is 2.35 bits per heavy atom. The number of aromatic nitrogens is 5. The highest BCUT2D eigenvalue weighted by atomic mass is 19.1. The SMILES string of the molecule is COC(CN1CCC(c2nc(-c3ccc(F)cc3)nn2-c2ncccn2)CC1)c1ccccc1. The van der Waals surface area contributed by atoms with Gasteiger partial charge in [-0.2, -0.15) is 4.68 Å². The summed E-state index contributed by atoms with van der Waals surface area (Å²) in [5.74, 6) is 1.82. The van der Waals surface area contributed by atoms with Crippen LogP contribution in [0.4, 0.5) is 4.39 Å². The zero-order valence-electron chi connectivity index (χ0n) is 19.1. The molecule has 0 N–H and O–H groups in total.